The summed E-state index contributed by atoms with van der Waals surface area (Å²) in [6.07, 6.45) is 2.30. The first kappa shape index (κ1) is 16.4. The Hall–Kier alpha value is -2.47. The number of amides is 1. The van der Waals surface area contributed by atoms with Gasteiger partial charge < -0.3 is 5.32 Å². The molecule has 0 aliphatic rings. The Labute approximate surface area is 144 Å². The van der Waals surface area contributed by atoms with E-state index >= 15 is 0 Å². The number of thiophene rings is 1. The third-order valence-electron chi connectivity index (χ3n) is 3.91. The maximum Gasteiger partial charge on any atom is 0.262 e. The lowest BCUT2D eigenvalue weighted by Crippen LogP contribution is -2.37. The highest BCUT2D eigenvalue weighted by Crippen LogP contribution is 2.30. The van der Waals surface area contributed by atoms with E-state index in [4.69, 9.17) is 0 Å². The molecule has 1 atom stereocenters. The Balaban J connectivity index is 1.91. The topological polar surface area (TPSA) is 64.0 Å². The van der Waals surface area contributed by atoms with Gasteiger partial charge in [0.25, 0.3) is 5.56 Å². The van der Waals surface area contributed by atoms with E-state index in [-0.39, 0.29) is 24.1 Å². The minimum atomic E-state index is -0.183. The van der Waals surface area contributed by atoms with E-state index in [9.17, 15) is 9.59 Å². The lowest BCUT2D eigenvalue weighted by molar-refractivity contribution is -0.122. The van der Waals surface area contributed by atoms with Crippen molar-refractivity contribution in [3.05, 3.63) is 53.1 Å². The molecule has 0 fully saturated rings. The summed E-state index contributed by atoms with van der Waals surface area (Å²) in [5.74, 6) is -0.175. The number of hydrogen-bond donors (Lipinski definition) is 1. The molecule has 0 saturated heterocycles. The molecule has 0 unspecified atom stereocenters. The number of rotatable bonds is 5. The van der Waals surface area contributed by atoms with Crippen molar-refractivity contribution in [3.63, 3.8) is 0 Å². The SMILES string of the molecule is CC[C@@H](C)NC(=O)Cn1cnc2sc(-c3ccccc3)cc2c1=O. The second kappa shape index (κ2) is 6.97. The minimum Gasteiger partial charge on any atom is -0.352 e. The van der Waals surface area contributed by atoms with Crippen LogP contribution in [0.25, 0.3) is 20.7 Å². The fourth-order valence-electron chi connectivity index (χ4n) is 2.39. The lowest BCUT2D eigenvalue weighted by atomic mass is 10.2. The normalized spacial score (nSPS) is 12.2. The molecule has 0 aliphatic heterocycles. The van der Waals surface area contributed by atoms with Crippen LogP contribution in [-0.2, 0) is 11.3 Å². The molecule has 0 bridgehead atoms. The summed E-state index contributed by atoms with van der Waals surface area (Å²) in [6, 6.07) is 11.8. The van der Waals surface area contributed by atoms with Crippen molar-refractivity contribution < 1.29 is 4.79 Å². The van der Waals surface area contributed by atoms with Crippen LogP contribution in [0.3, 0.4) is 0 Å². The monoisotopic (exact) mass is 341 g/mol. The summed E-state index contributed by atoms with van der Waals surface area (Å²) < 4.78 is 1.36. The van der Waals surface area contributed by atoms with Crippen LogP contribution in [0.15, 0.2) is 47.5 Å². The molecule has 24 heavy (non-hydrogen) atoms. The molecule has 0 radical (unpaired) electrons. The fraction of sp³-hybridized carbons (Fsp3) is 0.278. The zero-order chi connectivity index (χ0) is 17.1. The van der Waals surface area contributed by atoms with Gasteiger partial charge in [-0.3, -0.25) is 14.2 Å². The number of fused-ring (bicyclic) bond motifs is 1. The second-order valence-corrected chi connectivity index (χ2v) is 6.78. The molecular weight excluding hydrogens is 322 g/mol. The van der Waals surface area contributed by atoms with Crippen LogP contribution in [0.5, 0.6) is 0 Å². The average molecular weight is 341 g/mol. The first-order chi connectivity index (χ1) is 11.6. The largest absolute Gasteiger partial charge is 0.352 e. The van der Waals surface area contributed by atoms with Crippen molar-refractivity contribution in [3.8, 4) is 10.4 Å². The van der Waals surface area contributed by atoms with Gasteiger partial charge in [-0.2, -0.15) is 0 Å². The molecule has 0 spiro atoms. The van der Waals surface area contributed by atoms with Crippen LogP contribution in [0.4, 0.5) is 0 Å². The highest BCUT2D eigenvalue weighted by molar-refractivity contribution is 7.21. The summed E-state index contributed by atoms with van der Waals surface area (Å²) in [5.41, 5.74) is 0.874. The Morgan fingerprint density at radius 2 is 2.08 bits per heavy atom. The van der Waals surface area contributed by atoms with Gasteiger partial charge in [-0.1, -0.05) is 37.3 Å². The smallest absolute Gasteiger partial charge is 0.262 e. The number of hydrogen-bond acceptors (Lipinski definition) is 4. The maximum atomic E-state index is 12.6. The number of nitrogens with one attached hydrogen (secondary N) is 1. The first-order valence-corrected chi connectivity index (χ1v) is 8.74. The van der Waals surface area contributed by atoms with Crippen LogP contribution in [0, 0.1) is 0 Å². The van der Waals surface area contributed by atoms with Gasteiger partial charge in [-0.25, -0.2) is 4.98 Å². The van der Waals surface area contributed by atoms with Crippen molar-refractivity contribution in [2.24, 2.45) is 0 Å². The van der Waals surface area contributed by atoms with Crippen molar-refractivity contribution in [2.45, 2.75) is 32.9 Å². The maximum absolute atomic E-state index is 12.6. The summed E-state index contributed by atoms with van der Waals surface area (Å²) in [7, 11) is 0. The van der Waals surface area contributed by atoms with Crippen LogP contribution in [-0.4, -0.2) is 21.5 Å². The third-order valence-corrected chi connectivity index (χ3v) is 5.00. The molecule has 1 amide bonds. The summed E-state index contributed by atoms with van der Waals surface area (Å²) >= 11 is 1.48. The van der Waals surface area contributed by atoms with Crippen LogP contribution >= 0.6 is 11.3 Å². The molecule has 6 heteroatoms. The van der Waals surface area contributed by atoms with Crippen molar-refractivity contribution in [2.75, 3.05) is 0 Å². The number of nitrogens with zero attached hydrogens (tertiary/aromatic N) is 2. The third kappa shape index (κ3) is 3.38. The predicted octanol–water partition coefficient (Wildman–Crippen LogP) is 3.04. The summed E-state index contributed by atoms with van der Waals surface area (Å²) in [4.78, 5) is 30.6. The van der Waals surface area contributed by atoms with Gasteiger partial charge in [-0.05, 0) is 25.0 Å². The van der Waals surface area contributed by atoms with E-state index in [0.29, 0.717) is 10.2 Å². The number of benzene rings is 1. The first-order valence-electron chi connectivity index (χ1n) is 7.92. The molecule has 3 aromatic rings. The van der Waals surface area contributed by atoms with Crippen LogP contribution in [0.1, 0.15) is 20.3 Å². The highest BCUT2D eigenvalue weighted by atomic mass is 32.1. The molecule has 0 saturated carbocycles. The van der Waals surface area contributed by atoms with E-state index in [1.54, 1.807) is 0 Å². The molecular formula is C18H19N3O2S. The molecule has 1 N–H and O–H groups in total. The van der Waals surface area contributed by atoms with E-state index in [0.717, 1.165) is 16.9 Å². The van der Waals surface area contributed by atoms with Gasteiger partial charge >= 0.3 is 0 Å². The van der Waals surface area contributed by atoms with Gasteiger partial charge in [0.15, 0.2) is 0 Å². The van der Waals surface area contributed by atoms with Crippen molar-refractivity contribution in [1.29, 1.82) is 0 Å². The second-order valence-electron chi connectivity index (χ2n) is 5.75. The van der Waals surface area contributed by atoms with Crippen molar-refractivity contribution >= 4 is 27.5 Å². The average Bonchev–Trinajstić information content (AvgIpc) is 3.03. The van der Waals surface area contributed by atoms with E-state index < -0.39 is 0 Å². The predicted molar refractivity (Wildman–Crippen MR) is 97.2 cm³/mol. The van der Waals surface area contributed by atoms with Gasteiger partial charge in [0.05, 0.1) is 11.7 Å². The molecule has 1 aromatic carbocycles. The van der Waals surface area contributed by atoms with Crippen LogP contribution < -0.4 is 10.9 Å². The highest BCUT2D eigenvalue weighted by Gasteiger charge is 2.13. The van der Waals surface area contributed by atoms with E-state index in [1.807, 2.05) is 50.2 Å². The summed E-state index contributed by atoms with van der Waals surface area (Å²) in [5, 5.41) is 3.41. The standard InChI is InChI=1S/C18H19N3O2S/c1-3-12(2)20-16(22)10-21-11-19-17-14(18(21)23)9-15(24-17)13-7-5-4-6-8-13/h4-9,11-12H,3,10H2,1-2H3,(H,20,22)/t12-/m1/s1. The Morgan fingerprint density at radius 3 is 2.79 bits per heavy atom. The summed E-state index contributed by atoms with van der Waals surface area (Å²) in [6.45, 7) is 3.93. The molecule has 5 nitrogen and oxygen atoms in total. The number of aromatic nitrogens is 2. The Kier molecular flexibility index (Phi) is 4.76. The van der Waals surface area contributed by atoms with E-state index in [2.05, 4.69) is 10.3 Å². The van der Waals surface area contributed by atoms with E-state index in [1.165, 1.54) is 22.2 Å². The van der Waals surface area contributed by atoms with Gasteiger partial charge in [0.1, 0.15) is 11.4 Å². The van der Waals surface area contributed by atoms with Crippen molar-refractivity contribution in [1.82, 2.24) is 14.9 Å². The molecule has 124 valence electrons. The number of carbonyl (C=O) groups excluding carboxylic acids is 1. The van der Waals surface area contributed by atoms with Crippen LogP contribution in [0.2, 0.25) is 0 Å². The zero-order valence-electron chi connectivity index (χ0n) is 13.7. The zero-order valence-corrected chi connectivity index (χ0v) is 14.5. The Morgan fingerprint density at radius 1 is 1.33 bits per heavy atom. The lowest BCUT2D eigenvalue weighted by Gasteiger charge is -2.11. The molecule has 2 aromatic heterocycles. The minimum absolute atomic E-state index is 0.0113. The quantitative estimate of drug-likeness (QED) is 0.776. The van der Waals surface area contributed by atoms with Gasteiger partial charge in [0, 0.05) is 10.9 Å². The Bertz CT molecular complexity index is 915. The number of carbonyl (C=O) groups is 1. The molecule has 3 rings (SSSR count). The van der Waals surface area contributed by atoms with Gasteiger partial charge in [-0.15, -0.1) is 11.3 Å². The molecule has 0 aliphatic carbocycles. The van der Waals surface area contributed by atoms with Gasteiger partial charge in [0.2, 0.25) is 5.91 Å². The fourth-order valence-corrected chi connectivity index (χ4v) is 3.39. The molecule has 2 heterocycles.